The minimum atomic E-state index is -0.989. The van der Waals surface area contributed by atoms with E-state index < -0.39 is 16.1 Å². The second-order valence-electron chi connectivity index (χ2n) is 10.2. The molecule has 22 heavy (non-hydrogen) atoms. The standard InChI is InChI=1S/C20H40Si2/c1-17(16-21(2,3)4)11-12-18-13-14-20(15-18)22(5,6)19-9-7-8-10-19/h18-20H,1,7-16H2,2-6H3. The third kappa shape index (κ3) is 5.09. The van der Waals surface area contributed by atoms with Crippen LogP contribution in [0.5, 0.6) is 0 Å². The molecular weight excluding hydrogens is 296 g/mol. The first-order valence-corrected chi connectivity index (χ1v) is 16.7. The van der Waals surface area contributed by atoms with E-state index in [0.29, 0.717) is 0 Å². The van der Waals surface area contributed by atoms with E-state index >= 15 is 0 Å². The summed E-state index contributed by atoms with van der Waals surface area (Å²) in [6, 6.07) is 1.34. The lowest BCUT2D eigenvalue weighted by Crippen LogP contribution is -2.36. The number of hydrogen-bond donors (Lipinski definition) is 0. The normalized spacial score (nSPS) is 27.5. The quantitative estimate of drug-likeness (QED) is 0.334. The summed E-state index contributed by atoms with van der Waals surface area (Å²) in [5.41, 5.74) is 3.83. The van der Waals surface area contributed by atoms with E-state index in [2.05, 4.69) is 39.3 Å². The summed E-state index contributed by atoms with van der Waals surface area (Å²) in [7, 11) is -1.94. The first kappa shape index (κ1) is 18.5. The molecule has 128 valence electrons. The number of allylic oxidation sites excluding steroid dienone is 1. The average Bonchev–Trinajstić information content (AvgIpc) is 3.06. The molecule has 0 amide bonds. The molecular formula is C20H40Si2. The molecule has 0 N–H and O–H groups in total. The van der Waals surface area contributed by atoms with Gasteiger partial charge in [0, 0.05) is 8.07 Å². The topological polar surface area (TPSA) is 0 Å². The van der Waals surface area contributed by atoms with Crippen molar-refractivity contribution < 1.29 is 0 Å². The maximum atomic E-state index is 4.38. The van der Waals surface area contributed by atoms with E-state index in [1.54, 1.807) is 31.3 Å². The Morgan fingerprint density at radius 3 is 2.14 bits per heavy atom. The second-order valence-corrected chi connectivity index (χ2v) is 21.0. The van der Waals surface area contributed by atoms with Gasteiger partial charge in [0.25, 0.3) is 0 Å². The molecule has 2 saturated carbocycles. The van der Waals surface area contributed by atoms with Gasteiger partial charge in [-0.2, -0.15) is 0 Å². The predicted molar refractivity (Wildman–Crippen MR) is 107 cm³/mol. The van der Waals surface area contributed by atoms with Crippen LogP contribution in [0.3, 0.4) is 0 Å². The minimum absolute atomic E-state index is 0.951. The lowest BCUT2D eigenvalue weighted by Gasteiger charge is -2.36. The van der Waals surface area contributed by atoms with Gasteiger partial charge in [0.05, 0.1) is 8.07 Å². The molecule has 2 rings (SSSR count). The maximum absolute atomic E-state index is 4.38. The molecule has 0 saturated heterocycles. The fraction of sp³-hybridized carbons (Fsp3) is 0.900. The van der Waals surface area contributed by atoms with E-state index in [1.165, 1.54) is 38.1 Å². The van der Waals surface area contributed by atoms with Gasteiger partial charge in [-0.05, 0) is 42.3 Å². The number of rotatable bonds is 7. The van der Waals surface area contributed by atoms with Gasteiger partial charge >= 0.3 is 0 Å². The van der Waals surface area contributed by atoms with Crippen LogP contribution in [-0.4, -0.2) is 16.1 Å². The summed E-state index contributed by atoms with van der Waals surface area (Å²) in [6.45, 7) is 17.2. The molecule has 0 aromatic rings. The van der Waals surface area contributed by atoms with Crippen LogP contribution in [0.25, 0.3) is 0 Å². The van der Waals surface area contributed by atoms with Gasteiger partial charge in [0.2, 0.25) is 0 Å². The molecule has 0 heterocycles. The molecule has 0 aromatic carbocycles. The highest BCUT2D eigenvalue weighted by Crippen LogP contribution is 2.52. The van der Waals surface area contributed by atoms with E-state index in [9.17, 15) is 0 Å². The van der Waals surface area contributed by atoms with Crippen LogP contribution >= 0.6 is 0 Å². The average molecular weight is 337 g/mol. The second kappa shape index (κ2) is 7.38. The Morgan fingerprint density at radius 1 is 0.909 bits per heavy atom. The molecule has 0 nitrogen and oxygen atoms in total. The summed E-state index contributed by atoms with van der Waals surface area (Å²) in [6.07, 6.45) is 13.6. The van der Waals surface area contributed by atoms with Crippen molar-refractivity contribution in [3.05, 3.63) is 12.2 Å². The highest BCUT2D eigenvalue weighted by atomic mass is 28.3. The van der Waals surface area contributed by atoms with Gasteiger partial charge in [-0.15, -0.1) is 6.58 Å². The van der Waals surface area contributed by atoms with Crippen LogP contribution in [0.15, 0.2) is 12.2 Å². The van der Waals surface area contributed by atoms with Crippen molar-refractivity contribution in [2.45, 2.75) is 108 Å². The Labute approximate surface area is 142 Å². The van der Waals surface area contributed by atoms with Crippen molar-refractivity contribution in [2.24, 2.45) is 5.92 Å². The SMILES string of the molecule is C=C(CCC1CCC([Si](C)(C)C2CCCC2)C1)C[Si](C)(C)C. The largest absolute Gasteiger partial charge is 0.100 e. The molecule has 2 heteroatoms. The molecule has 0 radical (unpaired) electrons. The molecule has 2 fully saturated rings. The number of hydrogen-bond acceptors (Lipinski definition) is 0. The predicted octanol–water partition coefficient (Wildman–Crippen LogP) is 7.48. The Morgan fingerprint density at radius 2 is 1.55 bits per heavy atom. The molecule has 2 unspecified atom stereocenters. The molecule has 0 aromatic heterocycles. The summed E-state index contributed by atoms with van der Waals surface area (Å²) in [5.74, 6) is 1.02. The van der Waals surface area contributed by atoms with Crippen molar-refractivity contribution >= 4 is 16.1 Å². The highest BCUT2D eigenvalue weighted by molar-refractivity contribution is 6.80. The third-order valence-electron chi connectivity index (χ3n) is 6.69. The van der Waals surface area contributed by atoms with E-state index in [4.69, 9.17) is 0 Å². The van der Waals surface area contributed by atoms with Crippen LogP contribution in [0.1, 0.15) is 57.8 Å². The van der Waals surface area contributed by atoms with E-state index in [-0.39, 0.29) is 0 Å². The molecule has 0 bridgehead atoms. The van der Waals surface area contributed by atoms with E-state index in [1.807, 2.05) is 0 Å². The molecule has 2 atom stereocenters. The zero-order valence-electron chi connectivity index (χ0n) is 16.0. The maximum Gasteiger partial charge on any atom is 0.0536 e. The van der Waals surface area contributed by atoms with Crippen LogP contribution in [-0.2, 0) is 0 Å². The molecule has 2 aliphatic rings. The van der Waals surface area contributed by atoms with Crippen molar-refractivity contribution in [3.8, 4) is 0 Å². The fourth-order valence-electron chi connectivity index (χ4n) is 5.26. The fourth-order valence-corrected chi connectivity index (χ4v) is 11.4. The van der Waals surface area contributed by atoms with Gasteiger partial charge in [0.15, 0.2) is 0 Å². The van der Waals surface area contributed by atoms with Crippen LogP contribution in [0.2, 0.25) is 49.9 Å². The minimum Gasteiger partial charge on any atom is -0.100 e. The van der Waals surface area contributed by atoms with Crippen molar-refractivity contribution in [1.29, 1.82) is 0 Å². The van der Waals surface area contributed by atoms with Crippen molar-refractivity contribution in [3.63, 3.8) is 0 Å². The Hall–Kier alpha value is 0.174. The summed E-state index contributed by atoms with van der Waals surface area (Å²) >= 11 is 0. The summed E-state index contributed by atoms with van der Waals surface area (Å²) in [5, 5.41) is 0. The Kier molecular flexibility index (Phi) is 6.21. The summed E-state index contributed by atoms with van der Waals surface area (Å²) < 4.78 is 0. The van der Waals surface area contributed by atoms with Crippen LogP contribution in [0.4, 0.5) is 0 Å². The van der Waals surface area contributed by atoms with Gasteiger partial charge in [-0.25, -0.2) is 0 Å². The monoisotopic (exact) mass is 336 g/mol. The van der Waals surface area contributed by atoms with E-state index in [0.717, 1.165) is 17.0 Å². The highest BCUT2D eigenvalue weighted by Gasteiger charge is 2.43. The van der Waals surface area contributed by atoms with Crippen LogP contribution < -0.4 is 0 Å². The van der Waals surface area contributed by atoms with Gasteiger partial charge in [-0.3, -0.25) is 0 Å². The first-order valence-electron chi connectivity index (χ1n) is 9.85. The zero-order valence-corrected chi connectivity index (χ0v) is 18.0. The van der Waals surface area contributed by atoms with Gasteiger partial charge in [0.1, 0.15) is 0 Å². The van der Waals surface area contributed by atoms with Crippen molar-refractivity contribution in [1.82, 2.24) is 0 Å². The Bertz CT molecular complexity index is 372. The first-order chi connectivity index (χ1) is 10.2. The van der Waals surface area contributed by atoms with Crippen LogP contribution in [0, 0.1) is 5.92 Å². The zero-order chi connectivity index (χ0) is 16.4. The smallest absolute Gasteiger partial charge is 0.0536 e. The molecule has 0 aliphatic heterocycles. The van der Waals surface area contributed by atoms with Crippen molar-refractivity contribution in [2.75, 3.05) is 0 Å². The molecule has 0 spiro atoms. The van der Waals surface area contributed by atoms with Gasteiger partial charge in [-0.1, -0.05) is 76.8 Å². The summed E-state index contributed by atoms with van der Waals surface area (Å²) in [4.78, 5) is 0. The lowest BCUT2D eigenvalue weighted by molar-refractivity contribution is 0.501. The third-order valence-corrected chi connectivity index (χ3v) is 13.6. The molecule has 2 aliphatic carbocycles. The lowest BCUT2D eigenvalue weighted by atomic mass is 9.99. The van der Waals surface area contributed by atoms with Gasteiger partial charge < -0.3 is 0 Å². The Balaban J connectivity index is 1.76.